The smallest absolute Gasteiger partial charge is 0.383 e. The van der Waals surface area contributed by atoms with Crippen LogP contribution in [0, 0.1) is 0 Å². The molecule has 120 valence electrons. The summed E-state index contributed by atoms with van der Waals surface area (Å²) in [5, 5.41) is 3.05. The lowest BCUT2D eigenvalue weighted by Gasteiger charge is -2.16. The van der Waals surface area contributed by atoms with Gasteiger partial charge in [-0.25, -0.2) is 8.42 Å². The first-order valence-corrected chi connectivity index (χ1v) is 8.35. The Labute approximate surface area is 122 Å². The molecule has 21 heavy (non-hydrogen) atoms. The van der Waals surface area contributed by atoms with Crippen LogP contribution >= 0.6 is 0 Å². The third kappa shape index (κ3) is 8.44. The van der Waals surface area contributed by atoms with Crippen molar-refractivity contribution in [2.45, 2.75) is 38.4 Å². The monoisotopic (exact) mass is 324 g/mol. The van der Waals surface area contributed by atoms with Crippen LogP contribution in [0.1, 0.15) is 26.2 Å². The fourth-order valence-electron chi connectivity index (χ4n) is 1.85. The molecule has 0 aliphatic carbocycles. The van der Waals surface area contributed by atoms with Gasteiger partial charge in [0, 0.05) is 18.2 Å². The van der Waals surface area contributed by atoms with Crippen LogP contribution in [0.2, 0.25) is 0 Å². The summed E-state index contributed by atoms with van der Waals surface area (Å²) in [6.45, 7) is 1.78. The Hall–Kier alpha value is -1.44. The predicted molar refractivity (Wildman–Crippen MR) is 77.9 cm³/mol. The zero-order valence-corrected chi connectivity index (χ0v) is 12.7. The number of anilines is 2. The molecule has 2 N–H and O–H groups in total. The maximum absolute atomic E-state index is 12.1. The highest BCUT2D eigenvalue weighted by Gasteiger charge is 2.26. The average Bonchev–Trinajstić information content (AvgIpc) is 2.24. The zero-order valence-electron chi connectivity index (χ0n) is 11.9. The van der Waals surface area contributed by atoms with Crippen molar-refractivity contribution in [3.05, 3.63) is 24.3 Å². The second-order valence-electron chi connectivity index (χ2n) is 5.01. The Morgan fingerprint density at radius 1 is 1.24 bits per heavy atom. The van der Waals surface area contributed by atoms with Gasteiger partial charge in [0.25, 0.3) is 0 Å². The largest absolute Gasteiger partial charge is 0.389 e. The summed E-state index contributed by atoms with van der Waals surface area (Å²) in [4.78, 5) is 0. The molecule has 0 aliphatic heterocycles. The predicted octanol–water partition coefficient (Wildman–Crippen LogP) is 3.59. The molecule has 8 heteroatoms. The molecule has 0 radical (unpaired) electrons. The zero-order chi connectivity index (χ0) is 16.1. The number of alkyl halides is 3. The molecule has 0 saturated carbocycles. The maximum Gasteiger partial charge on any atom is 0.389 e. The summed E-state index contributed by atoms with van der Waals surface area (Å²) in [5.41, 5.74) is 1.06. The van der Waals surface area contributed by atoms with Crippen LogP contribution in [-0.2, 0) is 10.0 Å². The van der Waals surface area contributed by atoms with Crippen LogP contribution in [0.5, 0.6) is 0 Å². The second kappa shape index (κ2) is 7.02. The van der Waals surface area contributed by atoms with E-state index in [0.717, 1.165) is 6.26 Å². The quantitative estimate of drug-likeness (QED) is 0.806. The number of nitrogens with one attached hydrogen (secondary N) is 2. The van der Waals surface area contributed by atoms with Gasteiger partial charge in [-0.2, -0.15) is 13.2 Å². The number of halogens is 3. The van der Waals surface area contributed by atoms with Crippen LogP contribution in [0.15, 0.2) is 24.3 Å². The molecule has 0 bridgehead atoms. The van der Waals surface area contributed by atoms with Gasteiger partial charge in [0.15, 0.2) is 0 Å². The van der Waals surface area contributed by atoms with E-state index in [1.54, 1.807) is 31.2 Å². The second-order valence-corrected chi connectivity index (χ2v) is 6.76. The van der Waals surface area contributed by atoms with Crippen LogP contribution < -0.4 is 10.0 Å². The van der Waals surface area contributed by atoms with Gasteiger partial charge in [-0.15, -0.1) is 0 Å². The van der Waals surface area contributed by atoms with E-state index < -0.39 is 22.6 Å². The lowest BCUT2D eigenvalue weighted by atomic mass is 10.1. The van der Waals surface area contributed by atoms with Crippen molar-refractivity contribution in [1.82, 2.24) is 0 Å². The fourth-order valence-corrected chi connectivity index (χ4v) is 2.41. The third-order valence-electron chi connectivity index (χ3n) is 2.68. The average molecular weight is 324 g/mol. The minimum atomic E-state index is -4.13. The topological polar surface area (TPSA) is 58.2 Å². The van der Waals surface area contributed by atoms with Gasteiger partial charge in [0.2, 0.25) is 10.0 Å². The molecule has 0 amide bonds. The maximum atomic E-state index is 12.1. The van der Waals surface area contributed by atoms with Crippen LogP contribution in [-0.4, -0.2) is 26.9 Å². The number of hydrogen-bond acceptors (Lipinski definition) is 3. The summed E-state index contributed by atoms with van der Waals surface area (Å²) in [6.07, 6.45) is -3.44. The van der Waals surface area contributed by atoms with Crippen LogP contribution in [0.4, 0.5) is 24.5 Å². The van der Waals surface area contributed by atoms with E-state index in [2.05, 4.69) is 10.0 Å². The van der Waals surface area contributed by atoms with Crippen molar-refractivity contribution in [2.75, 3.05) is 16.3 Å². The van der Waals surface area contributed by atoms with Crippen molar-refractivity contribution in [1.29, 1.82) is 0 Å². The van der Waals surface area contributed by atoms with Gasteiger partial charge >= 0.3 is 6.18 Å². The Morgan fingerprint density at radius 2 is 1.86 bits per heavy atom. The van der Waals surface area contributed by atoms with Gasteiger partial charge in [-0.3, -0.25) is 4.72 Å². The molecule has 4 nitrogen and oxygen atoms in total. The molecule has 0 fully saturated rings. The summed E-state index contributed by atoms with van der Waals surface area (Å²) in [6, 6.07) is 6.45. The van der Waals surface area contributed by atoms with E-state index in [-0.39, 0.29) is 12.5 Å². The molecular weight excluding hydrogens is 305 g/mol. The Morgan fingerprint density at radius 3 is 2.43 bits per heavy atom. The molecule has 1 aromatic rings. The number of hydrogen-bond donors (Lipinski definition) is 2. The lowest BCUT2D eigenvalue weighted by Crippen LogP contribution is -2.17. The van der Waals surface area contributed by atoms with E-state index in [4.69, 9.17) is 0 Å². The Kier molecular flexibility index (Phi) is 5.88. The molecule has 0 spiro atoms. The fraction of sp³-hybridized carbons (Fsp3) is 0.538. The summed E-state index contributed by atoms with van der Waals surface area (Å²) in [5.74, 6) is 0. The van der Waals surface area contributed by atoms with E-state index in [0.29, 0.717) is 17.8 Å². The molecule has 0 heterocycles. The SMILES string of the molecule is CC(CCCC(F)(F)F)Nc1cccc(NS(C)(=O)=O)c1. The molecule has 1 aromatic carbocycles. The van der Waals surface area contributed by atoms with E-state index in [1.807, 2.05) is 0 Å². The summed E-state index contributed by atoms with van der Waals surface area (Å²) < 4.78 is 60.8. The van der Waals surface area contributed by atoms with Crippen LogP contribution in [0.3, 0.4) is 0 Å². The van der Waals surface area contributed by atoms with Gasteiger partial charge in [-0.1, -0.05) is 6.07 Å². The van der Waals surface area contributed by atoms with Gasteiger partial charge in [0.1, 0.15) is 0 Å². The summed E-state index contributed by atoms with van der Waals surface area (Å²) in [7, 11) is -3.36. The van der Waals surface area contributed by atoms with Crippen molar-refractivity contribution >= 4 is 21.4 Å². The molecule has 1 unspecified atom stereocenters. The number of benzene rings is 1. The Balaban J connectivity index is 2.52. The molecule has 0 saturated heterocycles. The van der Waals surface area contributed by atoms with Crippen LogP contribution in [0.25, 0.3) is 0 Å². The first-order chi connectivity index (χ1) is 9.55. The highest BCUT2D eigenvalue weighted by atomic mass is 32.2. The molecule has 0 aromatic heterocycles. The third-order valence-corrected chi connectivity index (χ3v) is 3.28. The molecule has 0 aliphatic rings. The number of sulfonamides is 1. The standard InChI is InChI=1S/C13H19F3N2O2S/c1-10(5-4-8-13(14,15)16)17-11-6-3-7-12(9-11)18-21(2,19)20/h3,6-7,9-10,17-18H,4-5,8H2,1-2H3. The van der Waals surface area contributed by atoms with Crippen molar-refractivity contribution in [3.8, 4) is 0 Å². The van der Waals surface area contributed by atoms with Crippen molar-refractivity contribution in [2.24, 2.45) is 0 Å². The van der Waals surface area contributed by atoms with Gasteiger partial charge in [-0.05, 0) is 38.0 Å². The summed E-state index contributed by atoms with van der Waals surface area (Å²) >= 11 is 0. The minimum Gasteiger partial charge on any atom is -0.383 e. The normalized spacial score (nSPS) is 13.8. The first kappa shape index (κ1) is 17.6. The van der Waals surface area contributed by atoms with E-state index >= 15 is 0 Å². The number of rotatable bonds is 7. The minimum absolute atomic E-state index is 0.0545. The Bertz CT molecular complexity index is 559. The van der Waals surface area contributed by atoms with Gasteiger partial charge < -0.3 is 5.32 Å². The molecule has 1 atom stereocenters. The molecular formula is C13H19F3N2O2S. The van der Waals surface area contributed by atoms with E-state index in [1.165, 1.54) is 0 Å². The lowest BCUT2D eigenvalue weighted by molar-refractivity contribution is -0.135. The molecule has 1 rings (SSSR count). The first-order valence-electron chi connectivity index (χ1n) is 6.46. The highest BCUT2D eigenvalue weighted by Crippen LogP contribution is 2.23. The van der Waals surface area contributed by atoms with Crippen molar-refractivity contribution < 1.29 is 21.6 Å². The van der Waals surface area contributed by atoms with Crippen molar-refractivity contribution in [3.63, 3.8) is 0 Å². The van der Waals surface area contributed by atoms with Gasteiger partial charge in [0.05, 0.1) is 11.9 Å². The highest BCUT2D eigenvalue weighted by molar-refractivity contribution is 7.92. The van der Waals surface area contributed by atoms with E-state index in [9.17, 15) is 21.6 Å².